The van der Waals surface area contributed by atoms with Crippen LogP contribution in [0.3, 0.4) is 0 Å². The summed E-state index contributed by atoms with van der Waals surface area (Å²) >= 11 is 0. The number of amides is 1. The maximum atomic E-state index is 12.8. The van der Waals surface area contributed by atoms with Gasteiger partial charge in [-0.05, 0) is 19.1 Å². The fraction of sp³-hybridized carbons (Fsp3) is 0.263. The Balaban J connectivity index is 1.75. The highest BCUT2D eigenvalue weighted by Crippen LogP contribution is 2.31. The molecule has 1 aliphatic heterocycles. The molecule has 1 N–H and O–H groups in total. The van der Waals surface area contributed by atoms with Gasteiger partial charge >= 0.3 is 5.97 Å². The summed E-state index contributed by atoms with van der Waals surface area (Å²) in [6.07, 6.45) is 2.16. The van der Waals surface area contributed by atoms with Gasteiger partial charge in [0.25, 0.3) is 5.91 Å². The molecule has 0 aliphatic carbocycles. The summed E-state index contributed by atoms with van der Waals surface area (Å²) in [6, 6.07) is 9.46. The topological polar surface area (TPSA) is 75.7 Å². The second-order valence-corrected chi connectivity index (χ2v) is 6.29. The van der Waals surface area contributed by atoms with E-state index in [0.717, 1.165) is 22.2 Å². The smallest absolute Gasteiger partial charge is 0.323 e. The number of para-hydroxylation sites is 1. The molecule has 25 heavy (non-hydrogen) atoms. The number of hydrogen-bond donors (Lipinski definition) is 1. The average molecular weight is 338 g/mol. The summed E-state index contributed by atoms with van der Waals surface area (Å²) in [7, 11) is 0. The number of carbonyl (C=O) groups excluding carboxylic acids is 1. The van der Waals surface area contributed by atoms with Gasteiger partial charge in [0.05, 0.1) is 11.8 Å². The van der Waals surface area contributed by atoms with E-state index in [1.807, 2.05) is 28.8 Å². The van der Waals surface area contributed by atoms with Crippen LogP contribution in [0, 0.1) is 6.92 Å². The highest BCUT2D eigenvalue weighted by molar-refractivity contribution is 5.96. The first-order valence-electron chi connectivity index (χ1n) is 8.20. The highest BCUT2D eigenvalue weighted by Gasteiger charge is 2.28. The molecular formula is C19H18N2O4. The van der Waals surface area contributed by atoms with Crippen LogP contribution in [0.4, 0.5) is 0 Å². The predicted molar refractivity (Wildman–Crippen MR) is 91.5 cm³/mol. The van der Waals surface area contributed by atoms with Gasteiger partial charge in [0.15, 0.2) is 0 Å². The molecule has 1 aliphatic rings. The van der Waals surface area contributed by atoms with E-state index in [1.165, 1.54) is 6.26 Å². The Morgan fingerprint density at radius 1 is 1.24 bits per heavy atom. The zero-order chi connectivity index (χ0) is 17.6. The fourth-order valence-corrected chi connectivity index (χ4v) is 3.67. The number of carboxylic acids is 1. The first kappa shape index (κ1) is 15.5. The van der Waals surface area contributed by atoms with Crippen molar-refractivity contribution in [3.05, 3.63) is 59.2 Å². The lowest BCUT2D eigenvalue weighted by Crippen LogP contribution is -2.36. The molecule has 0 fully saturated rings. The van der Waals surface area contributed by atoms with Gasteiger partial charge in [0.2, 0.25) is 0 Å². The van der Waals surface area contributed by atoms with E-state index < -0.39 is 5.97 Å². The van der Waals surface area contributed by atoms with Gasteiger partial charge in [-0.15, -0.1) is 0 Å². The number of rotatable bonds is 3. The van der Waals surface area contributed by atoms with Crippen molar-refractivity contribution in [1.82, 2.24) is 9.47 Å². The van der Waals surface area contributed by atoms with Crippen molar-refractivity contribution in [3.8, 4) is 0 Å². The molecule has 0 radical (unpaired) electrons. The third-order valence-corrected chi connectivity index (χ3v) is 4.83. The molecule has 0 saturated carbocycles. The number of aliphatic carboxylic acids is 1. The van der Waals surface area contributed by atoms with Crippen molar-refractivity contribution in [2.45, 2.75) is 26.4 Å². The Kier molecular flexibility index (Phi) is 3.60. The normalized spacial score (nSPS) is 13.9. The number of furan rings is 1. The van der Waals surface area contributed by atoms with E-state index in [2.05, 4.69) is 0 Å². The summed E-state index contributed by atoms with van der Waals surface area (Å²) in [6.45, 7) is 2.75. The van der Waals surface area contributed by atoms with Gasteiger partial charge in [0, 0.05) is 41.7 Å². The van der Waals surface area contributed by atoms with Crippen molar-refractivity contribution in [1.29, 1.82) is 0 Å². The molecule has 6 heteroatoms. The number of nitrogens with zero attached hydrogens (tertiary/aromatic N) is 2. The van der Waals surface area contributed by atoms with Crippen LogP contribution in [0.5, 0.6) is 0 Å². The van der Waals surface area contributed by atoms with E-state index >= 15 is 0 Å². The van der Waals surface area contributed by atoms with Crippen molar-refractivity contribution in [2.24, 2.45) is 0 Å². The Hall–Kier alpha value is -3.02. The van der Waals surface area contributed by atoms with E-state index in [4.69, 9.17) is 4.42 Å². The minimum absolute atomic E-state index is 0.0491. The Morgan fingerprint density at radius 3 is 2.76 bits per heavy atom. The van der Waals surface area contributed by atoms with Crippen LogP contribution in [-0.4, -0.2) is 33.0 Å². The fourth-order valence-electron chi connectivity index (χ4n) is 3.67. The maximum absolute atomic E-state index is 12.8. The lowest BCUT2D eigenvalue weighted by Gasteiger charge is -2.28. The lowest BCUT2D eigenvalue weighted by molar-refractivity contribution is -0.137. The molecule has 3 aromatic rings. The molecule has 1 aromatic carbocycles. The Morgan fingerprint density at radius 2 is 2.04 bits per heavy atom. The van der Waals surface area contributed by atoms with E-state index in [0.29, 0.717) is 30.8 Å². The number of hydrogen-bond acceptors (Lipinski definition) is 3. The number of benzene rings is 1. The minimum atomic E-state index is -0.865. The number of aryl methyl sites for hydroxylation is 1. The molecular weight excluding hydrogens is 320 g/mol. The molecule has 0 atom stereocenters. The predicted octanol–water partition coefficient (Wildman–Crippen LogP) is 2.83. The molecule has 0 spiro atoms. The maximum Gasteiger partial charge on any atom is 0.323 e. The molecule has 0 saturated heterocycles. The number of carbonyl (C=O) groups is 2. The van der Waals surface area contributed by atoms with E-state index in [-0.39, 0.29) is 12.5 Å². The van der Waals surface area contributed by atoms with Crippen molar-refractivity contribution < 1.29 is 19.1 Å². The molecule has 3 heterocycles. The molecule has 4 rings (SSSR count). The van der Waals surface area contributed by atoms with Crippen LogP contribution >= 0.6 is 0 Å². The molecule has 0 bridgehead atoms. The van der Waals surface area contributed by atoms with E-state index in [9.17, 15) is 14.7 Å². The Labute approximate surface area is 144 Å². The van der Waals surface area contributed by atoms with Crippen molar-refractivity contribution in [3.63, 3.8) is 0 Å². The summed E-state index contributed by atoms with van der Waals surface area (Å²) < 4.78 is 7.11. The minimum Gasteiger partial charge on any atom is -0.480 e. The van der Waals surface area contributed by atoms with Gasteiger partial charge in [-0.2, -0.15) is 0 Å². The zero-order valence-corrected chi connectivity index (χ0v) is 13.9. The molecule has 0 unspecified atom stereocenters. The monoisotopic (exact) mass is 338 g/mol. The SMILES string of the molecule is Cc1occc1C(=O)N1CCc2c(c3ccccc3n2CC(=O)O)C1. The second kappa shape index (κ2) is 5.81. The molecule has 2 aromatic heterocycles. The number of fused-ring (bicyclic) bond motifs is 3. The van der Waals surface area contributed by atoms with Crippen LogP contribution < -0.4 is 0 Å². The summed E-state index contributed by atoms with van der Waals surface area (Å²) in [5.41, 5.74) is 3.54. The third kappa shape index (κ3) is 2.50. The van der Waals surface area contributed by atoms with Crippen LogP contribution in [0.15, 0.2) is 41.0 Å². The summed E-state index contributed by atoms with van der Waals surface area (Å²) in [4.78, 5) is 25.8. The first-order chi connectivity index (χ1) is 12.1. The first-order valence-corrected chi connectivity index (χ1v) is 8.20. The summed E-state index contributed by atoms with van der Waals surface area (Å²) in [5, 5.41) is 10.3. The lowest BCUT2D eigenvalue weighted by atomic mass is 10.0. The standard InChI is InChI=1S/C19H18N2O4/c1-12-13(7-9-25-12)19(24)20-8-6-17-15(10-20)14-4-2-3-5-16(14)21(17)11-18(22)23/h2-5,7,9H,6,8,10-11H2,1H3,(H,22,23). The van der Waals surface area contributed by atoms with Gasteiger partial charge < -0.3 is 19.0 Å². The van der Waals surface area contributed by atoms with E-state index in [1.54, 1.807) is 17.9 Å². The quantitative estimate of drug-likeness (QED) is 0.797. The van der Waals surface area contributed by atoms with Crippen LogP contribution in [0.1, 0.15) is 27.4 Å². The van der Waals surface area contributed by atoms with Crippen LogP contribution in [-0.2, 0) is 24.3 Å². The van der Waals surface area contributed by atoms with Crippen LogP contribution in [0.25, 0.3) is 10.9 Å². The molecule has 128 valence electrons. The van der Waals surface area contributed by atoms with Gasteiger partial charge in [-0.25, -0.2) is 0 Å². The Bertz CT molecular complexity index is 983. The van der Waals surface area contributed by atoms with Crippen molar-refractivity contribution >= 4 is 22.8 Å². The number of aromatic nitrogens is 1. The van der Waals surface area contributed by atoms with Gasteiger partial charge in [-0.1, -0.05) is 18.2 Å². The van der Waals surface area contributed by atoms with Crippen molar-refractivity contribution in [2.75, 3.05) is 6.54 Å². The summed E-state index contributed by atoms with van der Waals surface area (Å²) in [5.74, 6) is -0.299. The van der Waals surface area contributed by atoms with Gasteiger partial charge in [0.1, 0.15) is 12.3 Å². The zero-order valence-electron chi connectivity index (χ0n) is 13.9. The molecule has 6 nitrogen and oxygen atoms in total. The second-order valence-electron chi connectivity index (χ2n) is 6.29. The largest absolute Gasteiger partial charge is 0.480 e. The van der Waals surface area contributed by atoms with Gasteiger partial charge in [-0.3, -0.25) is 9.59 Å². The third-order valence-electron chi connectivity index (χ3n) is 4.83. The highest BCUT2D eigenvalue weighted by atomic mass is 16.4. The number of carboxylic acid groups (broad SMARTS) is 1. The average Bonchev–Trinajstić information content (AvgIpc) is 3.16. The molecule has 1 amide bonds. The van der Waals surface area contributed by atoms with Crippen LogP contribution in [0.2, 0.25) is 0 Å².